The normalized spacial score (nSPS) is 11.1. The number of aromatic nitrogens is 1. The van der Waals surface area contributed by atoms with Gasteiger partial charge in [-0.2, -0.15) is 0 Å². The Morgan fingerprint density at radius 1 is 1.29 bits per heavy atom. The van der Waals surface area contributed by atoms with Gasteiger partial charge in [0.05, 0.1) is 5.39 Å². The molecule has 0 aliphatic carbocycles. The number of hydrogen-bond acceptors (Lipinski definition) is 2. The molecule has 0 N–H and O–H groups in total. The Bertz CT molecular complexity index is 636. The molecule has 21 heavy (non-hydrogen) atoms. The first-order chi connectivity index (χ1) is 10.3. The first kappa shape index (κ1) is 15.6. The Labute approximate surface area is 126 Å². The molecule has 2 aromatic rings. The Hall–Kier alpha value is -1.77. The zero-order valence-electron chi connectivity index (χ0n) is 12.9. The molecule has 0 fully saturated rings. The lowest BCUT2D eigenvalue weighted by Crippen LogP contribution is -2.18. The van der Waals surface area contributed by atoms with Crippen molar-refractivity contribution >= 4 is 11.0 Å². The lowest BCUT2D eigenvalue weighted by molar-refractivity contribution is 0.524. The van der Waals surface area contributed by atoms with Gasteiger partial charge < -0.3 is 8.98 Å². The lowest BCUT2D eigenvalue weighted by atomic mass is 10.1. The van der Waals surface area contributed by atoms with Crippen molar-refractivity contribution in [1.29, 1.82) is 0 Å². The second-order valence-electron chi connectivity index (χ2n) is 5.55. The van der Waals surface area contributed by atoms with Crippen LogP contribution < -0.4 is 5.56 Å². The Morgan fingerprint density at radius 2 is 2.10 bits per heavy atom. The highest BCUT2D eigenvalue weighted by molar-refractivity contribution is 5.76. The van der Waals surface area contributed by atoms with Crippen LogP contribution in [-0.2, 0) is 13.0 Å². The van der Waals surface area contributed by atoms with Crippen molar-refractivity contribution in [3.8, 4) is 0 Å². The first-order valence-electron chi connectivity index (χ1n) is 7.99. The van der Waals surface area contributed by atoms with Crippen molar-refractivity contribution in [3.63, 3.8) is 0 Å². The second kappa shape index (κ2) is 7.87. The summed E-state index contributed by atoms with van der Waals surface area (Å²) in [7, 11) is 0. The fourth-order valence-corrected chi connectivity index (χ4v) is 2.61. The molecule has 3 heteroatoms. The smallest absolute Gasteiger partial charge is 0.261 e. The molecule has 0 aliphatic heterocycles. The van der Waals surface area contributed by atoms with Crippen molar-refractivity contribution in [2.45, 2.75) is 58.4 Å². The van der Waals surface area contributed by atoms with Gasteiger partial charge in [0.15, 0.2) is 0 Å². The predicted molar refractivity (Wildman–Crippen MR) is 87.8 cm³/mol. The van der Waals surface area contributed by atoms with Gasteiger partial charge in [0.1, 0.15) is 11.3 Å². The Balaban J connectivity index is 1.97. The molecule has 0 atom stereocenters. The molecule has 0 amide bonds. The van der Waals surface area contributed by atoms with Gasteiger partial charge >= 0.3 is 0 Å². The molecule has 2 aromatic heterocycles. The molecule has 0 aromatic carbocycles. The number of allylic oxidation sites excluding steroid dienone is 1. The zero-order valence-corrected chi connectivity index (χ0v) is 12.9. The second-order valence-corrected chi connectivity index (χ2v) is 5.55. The van der Waals surface area contributed by atoms with E-state index in [9.17, 15) is 4.79 Å². The van der Waals surface area contributed by atoms with Crippen LogP contribution in [0.2, 0.25) is 0 Å². The van der Waals surface area contributed by atoms with E-state index in [1.807, 2.05) is 24.4 Å². The molecule has 0 unspecified atom stereocenters. The zero-order chi connectivity index (χ0) is 15.1. The van der Waals surface area contributed by atoms with Crippen molar-refractivity contribution in [3.05, 3.63) is 47.1 Å². The molecule has 0 aliphatic rings. The first-order valence-corrected chi connectivity index (χ1v) is 7.99. The van der Waals surface area contributed by atoms with E-state index in [-0.39, 0.29) is 5.56 Å². The summed E-state index contributed by atoms with van der Waals surface area (Å²) in [6.45, 7) is 6.57. The highest BCUT2D eigenvalue weighted by Gasteiger charge is 2.08. The summed E-state index contributed by atoms with van der Waals surface area (Å²) in [5.74, 6) is 0.931. The van der Waals surface area contributed by atoms with Gasteiger partial charge in [0, 0.05) is 19.2 Å². The minimum atomic E-state index is 0.0651. The van der Waals surface area contributed by atoms with Crippen LogP contribution in [-0.4, -0.2) is 4.57 Å². The van der Waals surface area contributed by atoms with Crippen LogP contribution in [0.5, 0.6) is 0 Å². The van der Waals surface area contributed by atoms with Gasteiger partial charge in [-0.25, -0.2) is 0 Å². The van der Waals surface area contributed by atoms with E-state index < -0.39 is 0 Å². The van der Waals surface area contributed by atoms with Gasteiger partial charge in [-0.15, -0.1) is 6.58 Å². The average molecular weight is 287 g/mol. The Kier molecular flexibility index (Phi) is 5.85. The molecule has 0 saturated carbocycles. The van der Waals surface area contributed by atoms with Crippen molar-refractivity contribution in [2.75, 3.05) is 0 Å². The summed E-state index contributed by atoms with van der Waals surface area (Å²) < 4.78 is 7.54. The van der Waals surface area contributed by atoms with E-state index in [1.165, 1.54) is 19.3 Å². The minimum Gasteiger partial charge on any atom is -0.461 e. The number of hydrogen-bond donors (Lipinski definition) is 0. The van der Waals surface area contributed by atoms with Crippen molar-refractivity contribution in [1.82, 2.24) is 4.57 Å². The lowest BCUT2D eigenvalue weighted by Gasteiger charge is -2.01. The number of aryl methyl sites for hydroxylation is 2. The highest BCUT2D eigenvalue weighted by atomic mass is 16.3. The monoisotopic (exact) mass is 287 g/mol. The van der Waals surface area contributed by atoms with E-state index in [2.05, 4.69) is 13.5 Å². The molecular formula is C18H25NO2. The Morgan fingerprint density at radius 3 is 2.86 bits per heavy atom. The number of rotatable bonds is 9. The highest BCUT2D eigenvalue weighted by Crippen LogP contribution is 2.18. The summed E-state index contributed by atoms with van der Waals surface area (Å²) >= 11 is 0. The summed E-state index contributed by atoms with van der Waals surface area (Å²) in [5, 5.41) is 0.715. The molecular weight excluding hydrogens is 262 g/mol. The maximum absolute atomic E-state index is 12.3. The van der Waals surface area contributed by atoms with Crippen molar-refractivity contribution < 1.29 is 4.42 Å². The van der Waals surface area contributed by atoms with Crippen LogP contribution in [0.15, 0.2) is 40.2 Å². The number of pyridine rings is 1. The van der Waals surface area contributed by atoms with Crippen LogP contribution in [0.1, 0.15) is 51.2 Å². The molecule has 0 saturated heterocycles. The third-order valence-electron chi connectivity index (χ3n) is 3.75. The average Bonchev–Trinajstić information content (AvgIpc) is 2.90. The summed E-state index contributed by atoms with van der Waals surface area (Å²) in [5.41, 5.74) is 0.782. The number of furan rings is 1. The SMILES string of the molecule is C=CCCCCCCc1cc2c(=O)n(CCC)ccc2o1. The largest absolute Gasteiger partial charge is 0.461 e. The fraction of sp³-hybridized carbons (Fsp3) is 0.500. The van der Waals surface area contributed by atoms with E-state index in [0.29, 0.717) is 11.0 Å². The van der Waals surface area contributed by atoms with E-state index in [0.717, 1.165) is 38.0 Å². The number of nitrogens with zero attached hydrogens (tertiary/aromatic N) is 1. The quantitative estimate of drug-likeness (QED) is 0.495. The van der Waals surface area contributed by atoms with E-state index in [1.54, 1.807) is 4.57 Å². The predicted octanol–water partition coefficient (Wildman–Crippen LogP) is 4.68. The maximum Gasteiger partial charge on any atom is 0.261 e. The molecule has 0 radical (unpaired) electrons. The van der Waals surface area contributed by atoms with Gasteiger partial charge in [0.25, 0.3) is 5.56 Å². The van der Waals surface area contributed by atoms with Gasteiger partial charge in [-0.3, -0.25) is 4.79 Å². The van der Waals surface area contributed by atoms with Gasteiger partial charge in [-0.05, 0) is 37.8 Å². The molecule has 2 heterocycles. The summed E-state index contributed by atoms with van der Waals surface area (Å²) in [4.78, 5) is 12.3. The van der Waals surface area contributed by atoms with E-state index in [4.69, 9.17) is 4.42 Å². The number of unbranched alkanes of at least 4 members (excludes halogenated alkanes) is 4. The molecule has 114 valence electrons. The number of fused-ring (bicyclic) bond motifs is 1. The van der Waals surface area contributed by atoms with Crippen LogP contribution in [0.25, 0.3) is 11.0 Å². The standard InChI is InChI=1S/C18H25NO2/c1-3-5-6-7-8-9-10-15-14-16-17(21-15)11-13-19(12-4-2)18(16)20/h3,11,13-14H,1,4-10,12H2,2H3. The third kappa shape index (κ3) is 4.10. The third-order valence-corrected chi connectivity index (χ3v) is 3.75. The van der Waals surface area contributed by atoms with Crippen molar-refractivity contribution in [2.24, 2.45) is 0 Å². The van der Waals surface area contributed by atoms with Crippen LogP contribution in [0.3, 0.4) is 0 Å². The topological polar surface area (TPSA) is 35.1 Å². The minimum absolute atomic E-state index is 0.0651. The molecule has 2 rings (SSSR count). The van der Waals surface area contributed by atoms with Gasteiger partial charge in [0.2, 0.25) is 0 Å². The maximum atomic E-state index is 12.3. The van der Waals surface area contributed by atoms with Crippen LogP contribution >= 0.6 is 0 Å². The summed E-state index contributed by atoms with van der Waals surface area (Å²) in [6.07, 6.45) is 11.5. The van der Waals surface area contributed by atoms with E-state index >= 15 is 0 Å². The molecule has 3 nitrogen and oxygen atoms in total. The van der Waals surface area contributed by atoms with Crippen LogP contribution in [0.4, 0.5) is 0 Å². The van der Waals surface area contributed by atoms with Crippen LogP contribution in [0, 0.1) is 0 Å². The summed E-state index contributed by atoms with van der Waals surface area (Å²) in [6, 6.07) is 3.83. The molecule has 0 spiro atoms. The van der Waals surface area contributed by atoms with Gasteiger partial charge in [-0.1, -0.05) is 25.8 Å². The molecule has 0 bridgehead atoms. The fourth-order valence-electron chi connectivity index (χ4n) is 2.61.